The first-order chi connectivity index (χ1) is 8.93. The molecule has 0 N–H and O–H groups in total. The van der Waals surface area contributed by atoms with Gasteiger partial charge in [-0.25, -0.2) is 9.78 Å². The molecule has 0 saturated carbocycles. The molecule has 19 heavy (non-hydrogen) atoms. The Kier molecular flexibility index (Phi) is 2.13. The molecule has 0 spiro atoms. The zero-order valence-corrected chi connectivity index (χ0v) is 11.0. The summed E-state index contributed by atoms with van der Waals surface area (Å²) in [4.78, 5) is 28.4. The lowest BCUT2D eigenvalue weighted by Gasteiger charge is -2.06. The highest BCUT2D eigenvalue weighted by Crippen LogP contribution is 2.17. The zero-order valence-electron chi connectivity index (χ0n) is 11.0. The van der Waals surface area contributed by atoms with E-state index in [0.29, 0.717) is 16.6 Å². The highest BCUT2D eigenvalue weighted by Gasteiger charge is 2.17. The molecule has 0 radical (unpaired) electrons. The fourth-order valence-electron chi connectivity index (χ4n) is 2.19. The SMILES string of the molecule is Cc1nc2nnc3c(c(=O)n(C)c(=O)n3C)c2n1C. The van der Waals surface area contributed by atoms with Gasteiger partial charge in [0, 0.05) is 21.1 Å². The molecule has 0 aromatic carbocycles. The van der Waals surface area contributed by atoms with Crippen LogP contribution < -0.4 is 11.2 Å². The highest BCUT2D eigenvalue weighted by atomic mass is 16.2. The second-order valence-corrected chi connectivity index (χ2v) is 4.49. The van der Waals surface area contributed by atoms with Gasteiger partial charge in [0.05, 0.1) is 0 Å². The van der Waals surface area contributed by atoms with Gasteiger partial charge in [-0.05, 0) is 6.92 Å². The van der Waals surface area contributed by atoms with Crippen LogP contribution in [0.4, 0.5) is 0 Å². The van der Waals surface area contributed by atoms with Gasteiger partial charge in [-0.3, -0.25) is 13.9 Å². The molecule has 0 aliphatic heterocycles. The first-order valence-electron chi connectivity index (χ1n) is 5.69. The van der Waals surface area contributed by atoms with Gasteiger partial charge in [0.25, 0.3) is 5.56 Å². The van der Waals surface area contributed by atoms with E-state index in [2.05, 4.69) is 15.2 Å². The standard InChI is InChI=1S/C11H12N6O2/c1-5-12-8-7(15(5)2)6-9(14-13-8)16(3)11(19)17(4)10(6)18/h1-4H3. The Morgan fingerprint density at radius 2 is 1.63 bits per heavy atom. The molecular formula is C11H12N6O2. The van der Waals surface area contributed by atoms with Crippen molar-refractivity contribution in [2.45, 2.75) is 6.92 Å². The van der Waals surface area contributed by atoms with Gasteiger partial charge in [0.1, 0.15) is 16.7 Å². The summed E-state index contributed by atoms with van der Waals surface area (Å²) in [5, 5.41) is 8.28. The molecule has 98 valence electrons. The molecule has 3 rings (SSSR count). The molecular weight excluding hydrogens is 248 g/mol. The first kappa shape index (κ1) is 11.6. The van der Waals surface area contributed by atoms with Gasteiger partial charge < -0.3 is 4.57 Å². The van der Waals surface area contributed by atoms with E-state index >= 15 is 0 Å². The Balaban J connectivity index is 2.78. The third-order valence-electron chi connectivity index (χ3n) is 3.41. The minimum Gasteiger partial charge on any atom is -0.329 e. The summed E-state index contributed by atoms with van der Waals surface area (Å²) in [7, 11) is 4.81. The monoisotopic (exact) mass is 260 g/mol. The topological polar surface area (TPSA) is 87.6 Å². The van der Waals surface area contributed by atoms with Crippen LogP contribution in [0, 0.1) is 6.92 Å². The van der Waals surface area contributed by atoms with Gasteiger partial charge in [-0.15, -0.1) is 10.2 Å². The number of aryl methyl sites for hydroxylation is 3. The number of aromatic nitrogens is 6. The second kappa shape index (κ2) is 3.50. The predicted octanol–water partition coefficient (Wildman–Crippen LogP) is -0.778. The normalized spacial score (nSPS) is 11.6. The van der Waals surface area contributed by atoms with Crippen LogP contribution in [-0.4, -0.2) is 28.9 Å². The second-order valence-electron chi connectivity index (χ2n) is 4.49. The molecule has 3 aromatic rings. The van der Waals surface area contributed by atoms with Gasteiger partial charge in [-0.2, -0.15) is 0 Å². The summed E-state index contributed by atoms with van der Waals surface area (Å²) in [5.41, 5.74) is 0.455. The summed E-state index contributed by atoms with van der Waals surface area (Å²) in [6.07, 6.45) is 0. The Morgan fingerprint density at radius 1 is 0.947 bits per heavy atom. The lowest BCUT2D eigenvalue weighted by Crippen LogP contribution is -2.37. The van der Waals surface area contributed by atoms with Crippen molar-refractivity contribution < 1.29 is 0 Å². The lowest BCUT2D eigenvalue weighted by atomic mass is 10.3. The number of fused-ring (bicyclic) bond motifs is 3. The number of nitrogens with zero attached hydrogens (tertiary/aromatic N) is 6. The Morgan fingerprint density at radius 3 is 2.32 bits per heavy atom. The van der Waals surface area contributed by atoms with Gasteiger partial charge in [0.15, 0.2) is 5.65 Å². The van der Waals surface area contributed by atoms with E-state index in [1.807, 2.05) is 6.92 Å². The zero-order chi connectivity index (χ0) is 13.9. The molecule has 0 saturated heterocycles. The van der Waals surface area contributed by atoms with Crippen molar-refractivity contribution in [2.24, 2.45) is 21.1 Å². The van der Waals surface area contributed by atoms with Gasteiger partial charge >= 0.3 is 5.69 Å². The third-order valence-corrected chi connectivity index (χ3v) is 3.41. The van der Waals surface area contributed by atoms with Crippen LogP contribution in [-0.2, 0) is 21.1 Å². The van der Waals surface area contributed by atoms with E-state index in [-0.39, 0.29) is 11.2 Å². The molecule has 0 aliphatic rings. The van der Waals surface area contributed by atoms with Crippen molar-refractivity contribution in [2.75, 3.05) is 0 Å². The molecule has 0 atom stereocenters. The van der Waals surface area contributed by atoms with E-state index in [1.54, 1.807) is 18.7 Å². The van der Waals surface area contributed by atoms with Crippen LogP contribution in [0.5, 0.6) is 0 Å². The first-order valence-corrected chi connectivity index (χ1v) is 5.69. The highest BCUT2D eigenvalue weighted by molar-refractivity contribution is 5.98. The van der Waals surface area contributed by atoms with Gasteiger partial charge in [0.2, 0.25) is 5.65 Å². The molecule has 0 fully saturated rings. The lowest BCUT2D eigenvalue weighted by molar-refractivity contribution is 0.704. The average Bonchev–Trinajstić information content (AvgIpc) is 2.69. The minimum atomic E-state index is -0.426. The molecule has 8 heteroatoms. The molecule has 3 aromatic heterocycles. The summed E-state index contributed by atoms with van der Waals surface area (Å²) < 4.78 is 4.15. The average molecular weight is 260 g/mol. The Hall–Kier alpha value is -2.51. The van der Waals surface area contributed by atoms with E-state index in [9.17, 15) is 9.59 Å². The van der Waals surface area contributed by atoms with Crippen molar-refractivity contribution in [3.8, 4) is 0 Å². The van der Waals surface area contributed by atoms with E-state index in [4.69, 9.17) is 0 Å². The fraction of sp³-hybridized carbons (Fsp3) is 0.364. The molecule has 0 aliphatic carbocycles. The summed E-state index contributed by atoms with van der Waals surface area (Å²) >= 11 is 0. The Labute approximate surface area is 106 Å². The number of hydrogen-bond donors (Lipinski definition) is 0. The van der Waals surface area contributed by atoms with Crippen LogP contribution in [0.15, 0.2) is 9.59 Å². The molecule has 0 bridgehead atoms. The molecule has 0 amide bonds. The van der Waals surface area contributed by atoms with E-state index in [1.165, 1.54) is 11.6 Å². The maximum absolute atomic E-state index is 12.3. The number of imidazole rings is 1. The smallest absolute Gasteiger partial charge is 0.329 e. The van der Waals surface area contributed by atoms with E-state index in [0.717, 1.165) is 10.4 Å². The molecule has 8 nitrogen and oxygen atoms in total. The van der Waals surface area contributed by atoms with Gasteiger partial charge in [-0.1, -0.05) is 0 Å². The van der Waals surface area contributed by atoms with E-state index < -0.39 is 5.69 Å². The molecule has 3 heterocycles. The fourth-order valence-corrected chi connectivity index (χ4v) is 2.19. The van der Waals surface area contributed by atoms with Crippen LogP contribution in [0.2, 0.25) is 0 Å². The summed E-state index contributed by atoms with van der Waals surface area (Å²) in [6, 6.07) is 0. The van der Waals surface area contributed by atoms with Crippen LogP contribution in [0.3, 0.4) is 0 Å². The maximum atomic E-state index is 12.3. The largest absolute Gasteiger partial charge is 0.332 e. The minimum absolute atomic E-state index is 0.267. The van der Waals surface area contributed by atoms with Crippen molar-refractivity contribution in [1.82, 2.24) is 28.9 Å². The van der Waals surface area contributed by atoms with Crippen LogP contribution in [0.25, 0.3) is 22.2 Å². The van der Waals surface area contributed by atoms with Crippen molar-refractivity contribution in [1.29, 1.82) is 0 Å². The summed E-state index contributed by atoms with van der Waals surface area (Å²) in [5.74, 6) is 0.729. The van der Waals surface area contributed by atoms with Crippen LogP contribution >= 0.6 is 0 Å². The van der Waals surface area contributed by atoms with Crippen molar-refractivity contribution in [3.63, 3.8) is 0 Å². The number of rotatable bonds is 0. The number of hydrogen-bond acceptors (Lipinski definition) is 5. The quantitative estimate of drug-likeness (QED) is 0.529. The third kappa shape index (κ3) is 1.30. The van der Waals surface area contributed by atoms with Crippen molar-refractivity contribution in [3.05, 3.63) is 26.7 Å². The predicted molar refractivity (Wildman–Crippen MR) is 69.0 cm³/mol. The summed E-state index contributed by atoms with van der Waals surface area (Å²) in [6.45, 7) is 1.82. The van der Waals surface area contributed by atoms with Crippen molar-refractivity contribution >= 4 is 22.2 Å². The molecule has 0 unspecified atom stereocenters. The maximum Gasteiger partial charge on any atom is 0.332 e. The Bertz CT molecular complexity index is 946. The van der Waals surface area contributed by atoms with Crippen LogP contribution in [0.1, 0.15) is 5.82 Å².